The van der Waals surface area contributed by atoms with Crippen LogP contribution >= 0.6 is 15.9 Å². The van der Waals surface area contributed by atoms with Crippen LogP contribution in [0.25, 0.3) is 5.69 Å². The topological polar surface area (TPSA) is 37.8 Å². The largest absolute Gasteiger partial charge is 0.330 e. The minimum atomic E-state index is -0.0944. The number of rotatable bonds is 1. The van der Waals surface area contributed by atoms with E-state index in [2.05, 4.69) is 20.9 Å². The average Bonchev–Trinajstić information content (AvgIpc) is 2.41. The molecule has 0 atom stereocenters. The van der Waals surface area contributed by atoms with Crippen LogP contribution in [0.3, 0.4) is 0 Å². The Kier molecular flexibility index (Phi) is 2.52. The summed E-state index contributed by atoms with van der Waals surface area (Å²) in [6.45, 7) is 3.82. The summed E-state index contributed by atoms with van der Waals surface area (Å²) < 4.78 is 2.63. The van der Waals surface area contributed by atoms with Gasteiger partial charge in [0.2, 0.25) is 0 Å². The lowest BCUT2D eigenvalue weighted by Crippen LogP contribution is -2.15. The lowest BCUT2D eigenvalue weighted by Gasteiger charge is -2.04. The van der Waals surface area contributed by atoms with Gasteiger partial charge >= 0.3 is 5.69 Å². The Morgan fingerprint density at radius 2 is 2.07 bits per heavy atom. The van der Waals surface area contributed by atoms with Crippen molar-refractivity contribution >= 4 is 15.9 Å². The van der Waals surface area contributed by atoms with E-state index in [1.165, 1.54) is 0 Å². The standard InChI is InChI=1S/C11H11BrN2O/c1-7-8(2)14(11(15)13-7)10-5-3-4-9(12)6-10/h3-6H,1-2H3,(H,13,15). The van der Waals surface area contributed by atoms with E-state index in [0.29, 0.717) is 0 Å². The third-order valence-corrected chi connectivity index (χ3v) is 2.94. The van der Waals surface area contributed by atoms with Gasteiger partial charge in [0.05, 0.1) is 5.69 Å². The van der Waals surface area contributed by atoms with E-state index in [4.69, 9.17) is 0 Å². The van der Waals surface area contributed by atoms with Crippen LogP contribution in [0, 0.1) is 13.8 Å². The van der Waals surface area contributed by atoms with Gasteiger partial charge in [-0.15, -0.1) is 0 Å². The molecule has 0 aliphatic carbocycles. The van der Waals surface area contributed by atoms with Crippen molar-refractivity contribution in [2.45, 2.75) is 13.8 Å². The van der Waals surface area contributed by atoms with E-state index in [1.807, 2.05) is 38.1 Å². The zero-order chi connectivity index (χ0) is 11.0. The van der Waals surface area contributed by atoms with Gasteiger partial charge in [-0.2, -0.15) is 0 Å². The quantitative estimate of drug-likeness (QED) is 0.847. The predicted molar refractivity (Wildman–Crippen MR) is 63.6 cm³/mol. The maximum Gasteiger partial charge on any atom is 0.330 e. The molecule has 4 heteroatoms. The molecule has 0 radical (unpaired) electrons. The van der Waals surface area contributed by atoms with E-state index in [1.54, 1.807) is 4.57 Å². The van der Waals surface area contributed by atoms with Crippen molar-refractivity contribution in [2.75, 3.05) is 0 Å². The molecule has 0 aliphatic rings. The van der Waals surface area contributed by atoms with Gasteiger partial charge in [-0.05, 0) is 32.0 Å². The molecule has 0 fully saturated rings. The fourth-order valence-corrected chi connectivity index (χ4v) is 1.94. The molecule has 2 aromatic rings. The smallest absolute Gasteiger partial charge is 0.310 e. The molecule has 0 bridgehead atoms. The van der Waals surface area contributed by atoms with Gasteiger partial charge in [-0.25, -0.2) is 4.79 Å². The first-order chi connectivity index (χ1) is 7.09. The second-order valence-corrected chi connectivity index (χ2v) is 4.37. The van der Waals surface area contributed by atoms with Gasteiger partial charge in [-0.1, -0.05) is 22.0 Å². The molecule has 1 aromatic heterocycles. The van der Waals surface area contributed by atoms with Crippen LogP contribution in [0.15, 0.2) is 33.5 Å². The number of aromatic amines is 1. The number of aromatic nitrogens is 2. The Hall–Kier alpha value is -1.29. The van der Waals surface area contributed by atoms with Gasteiger partial charge in [0.15, 0.2) is 0 Å². The van der Waals surface area contributed by atoms with Crippen LogP contribution in [0.1, 0.15) is 11.4 Å². The van der Waals surface area contributed by atoms with Crippen molar-refractivity contribution in [3.8, 4) is 5.69 Å². The van der Waals surface area contributed by atoms with Gasteiger partial charge in [0, 0.05) is 15.9 Å². The molecule has 0 saturated heterocycles. The Labute approximate surface area is 95.9 Å². The maximum absolute atomic E-state index is 11.7. The molecule has 0 amide bonds. The van der Waals surface area contributed by atoms with Crippen molar-refractivity contribution in [2.24, 2.45) is 0 Å². The van der Waals surface area contributed by atoms with Gasteiger partial charge < -0.3 is 4.98 Å². The highest BCUT2D eigenvalue weighted by Gasteiger charge is 2.08. The number of H-pyrrole nitrogens is 1. The molecule has 1 heterocycles. The maximum atomic E-state index is 11.7. The molecular weight excluding hydrogens is 256 g/mol. The first-order valence-corrected chi connectivity index (χ1v) is 5.43. The third kappa shape index (κ3) is 1.77. The third-order valence-electron chi connectivity index (χ3n) is 2.44. The highest BCUT2D eigenvalue weighted by Crippen LogP contribution is 2.16. The Balaban J connectivity index is 2.69. The summed E-state index contributed by atoms with van der Waals surface area (Å²) in [5, 5.41) is 0. The van der Waals surface area contributed by atoms with Crippen LogP contribution < -0.4 is 5.69 Å². The molecule has 0 spiro atoms. The summed E-state index contributed by atoms with van der Waals surface area (Å²) in [5.74, 6) is 0. The number of aryl methyl sites for hydroxylation is 1. The normalized spacial score (nSPS) is 10.6. The van der Waals surface area contributed by atoms with Gasteiger partial charge in [0.1, 0.15) is 0 Å². The van der Waals surface area contributed by atoms with Crippen molar-refractivity contribution < 1.29 is 0 Å². The predicted octanol–water partition coefficient (Wildman–Crippen LogP) is 2.54. The van der Waals surface area contributed by atoms with Crippen molar-refractivity contribution in [3.05, 3.63) is 50.6 Å². The van der Waals surface area contributed by atoms with Gasteiger partial charge in [0.25, 0.3) is 0 Å². The summed E-state index contributed by atoms with van der Waals surface area (Å²) in [6, 6.07) is 7.67. The molecule has 15 heavy (non-hydrogen) atoms. The minimum absolute atomic E-state index is 0.0944. The highest BCUT2D eigenvalue weighted by molar-refractivity contribution is 9.10. The first kappa shape index (κ1) is 10.2. The zero-order valence-electron chi connectivity index (χ0n) is 8.54. The van der Waals surface area contributed by atoms with Crippen molar-refractivity contribution in [3.63, 3.8) is 0 Å². The van der Waals surface area contributed by atoms with Crippen LogP contribution in [0.2, 0.25) is 0 Å². The Morgan fingerprint density at radius 3 is 2.60 bits per heavy atom. The average molecular weight is 267 g/mol. The lowest BCUT2D eigenvalue weighted by molar-refractivity contribution is 0.948. The lowest BCUT2D eigenvalue weighted by atomic mass is 10.3. The summed E-state index contributed by atoms with van der Waals surface area (Å²) in [6.07, 6.45) is 0. The first-order valence-electron chi connectivity index (χ1n) is 4.64. The number of hydrogen-bond acceptors (Lipinski definition) is 1. The van der Waals surface area contributed by atoms with E-state index in [-0.39, 0.29) is 5.69 Å². The number of nitrogens with one attached hydrogen (secondary N) is 1. The SMILES string of the molecule is Cc1[nH]c(=O)n(-c2cccc(Br)c2)c1C. The molecule has 0 aliphatic heterocycles. The molecular formula is C11H11BrN2O. The molecule has 2 rings (SSSR count). The second kappa shape index (κ2) is 3.70. The summed E-state index contributed by atoms with van der Waals surface area (Å²) in [5.41, 5.74) is 2.62. The monoisotopic (exact) mass is 266 g/mol. The highest BCUT2D eigenvalue weighted by atomic mass is 79.9. The van der Waals surface area contributed by atoms with E-state index < -0.39 is 0 Å². The van der Waals surface area contributed by atoms with Crippen molar-refractivity contribution in [1.29, 1.82) is 0 Å². The Bertz CT molecular complexity index is 554. The summed E-state index contributed by atoms with van der Waals surface area (Å²) >= 11 is 3.39. The van der Waals surface area contributed by atoms with Crippen LogP contribution in [-0.4, -0.2) is 9.55 Å². The zero-order valence-corrected chi connectivity index (χ0v) is 10.1. The molecule has 1 N–H and O–H groups in total. The molecule has 1 aromatic carbocycles. The fraction of sp³-hybridized carbons (Fsp3) is 0.182. The van der Waals surface area contributed by atoms with Crippen LogP contribution in [-0.2, 0) is 0 Å². The summed E-state index contributed by atoms with van der Waals surface area (Å²) in [7, 11) is 0. The summed E-state index contributed by atoms with van der Waals surface area (Å²) in [4.78, 5) is 14.5. The van der Waals surface area contributed by atoms with E-state index in [0.717, 1.165) is 21.5 Å². The minimum Gasteiger partial charge on any atom is -0.310 e. The number of nitrogens with zero attached hydrogens (tertiary/aromatic N) is 1. The van der Waals surface area contributed by atoms with E-state index in [9.17, 15) is 4.79 Å². The number of halogens is 1. The van der Waals surface area contributed by atoms with Crippen molar-refractivity contribution in [1.82, 2.24) is 9.55 Å². The van der Waals surface area contributed by atoms with Gasteiger partial charge in [-0.3, -0.25) is 4.57 Å². The second-order valence-electron chi connectivity index (χ2n) is 3.46. The van der Waals surface area contributed by atoms with Crippen LogP contribution in [0.5, 0.6) is 0 Å². The molecule has 0 unspecified atom stereocenters. The molecule has 0 saturated carbocycles. The van der Waals surface area contributed by atoms with E-state index >= 15 is 0 Å². The number of hydrogen-bond donors (Lipinski definition) is 1. The Morgan fingerprint density at radius 1 is 1.33 bits per heavy atom. The number of imidazole rings is 1. The fourth-order valence-electron chi connectivity index (χ4n) is 1.55. The number of benzene rings is 1. The van der Waals surface area contributed by atoms with Crippen LogP contribution in [0.4, 0.5) is 0 Å². The molecule has 3 nitrogen and oxygen atoms in total. The molecule has 78 valence electrons.